The van der Waals surface area contributed by atoms with Gasteiger partial charge in [0.1, 0.15) is 13.1 Å². The number of hydrogen-bond donors (Lipinski definition) is 2. The Morgan fingerprint density at radius 3 is 2.44 bits per heavy atom. The zero-order valence-electron chi connectivity index (χ0n) is 6.85. The minimum atomic E-state index is 0.810. The van der Waals surface area contributed by atoms with Gasteiger partial charge in [-0.05, 0) is 13.3 Å². The Hall–Kier alpha value is -0.0800. The van der Waals surface area contributed by atoms with Gasteiger partial charge in [-0.3, -0.25) is 0 Å². The van der Waals surface area contributed by atoms with E-state index in [4.69, 9.17) is 0 Å². The normalized spacial score (nSPS) is 13.7. The number of quaternary nitrogens is 2. The first-order valence-electron chi connectivity index (χ1n) is 3.92. The highest BCUT2D eigenvalue weighted by molar-refractivity contribution is 4.36. The van der Waals surface area contributed by atoms with Gasteiger partial charge in [-0.2, -0.15) is 0 Å². The molecule has 0 aliphatic carbocycles. The molecule has 56 valence electrons. The summed E-state index contributed by atoms with van der Waals surface area (Å²) >= 11 is 0. The fourth-order valence-corrected chi connectivity index (χ4v) is 0.714. The molecule has 0 spiro atoms. The van der Waals surface area contributed by atoms with E-state index in [1.807, 2.05) is 0 Å². The molecule has 0 radical (unpaired) electrons. The lowest BCUT2D eigenvalue weighted by Gasteiger charge is -2.05. The van der Waals surface area contributed by atoms with Crippen molar-refractivity contribution in [1.29, 1.82) is 0 Å². The lowest BCUT2D eigenvalue weighted by atomic mass is 10.3. The first-order chi connectivity index (χ1) is 4.31. The smallest absolute Gasteiger partial charge is 0.125 e. The van der Waals surface area contributed by atoms with Gasteiger partial charge < -0.3 is 10.6 Å². The molecular formula is C7H20N2+2. The van der Waals surface area contributed by atoms with Crippen LogP contribution in [0.15, 0.2) is 0 Å². The first-order valence-corrected chi connectivity index (χ1v) is 3.92. The predicted molar refractivity (Wildman–Crippen MR) is 39.3 cm³/mol. The first kappa shape index (κ1) is 8.92. The summed E-state index contributed by atoms with van der Waals surface area (Å²) in [7, 11) is 2.12. The zero-order valence-corrected chi connectivity index (χ0v) is 6.85. The Bertz CT molecular complexity index is 54.9. The van der Waals surface area contributed by atoms with Gasteiger partial charge in [-0.15, -0.1) is 0 Å². The van der Waals surface area contributed by atoms with Gasteiger partial charge >= 0.3 is 0 Å². The maximum Gasteiger partial charge on any atom is 0.125 e. The van der Waals surface area contributed by atoms with Crippen molar-refractivity contribution in [3.63, 3.8) is 0 Å². The molecule has 0 unspecified atom stereocenters. The molecule has 0 bridgehead atoms. The third-order valence-electron chi connectivity index (χ3n) is 1.67. The van der Waals surface area contributed by atoms with Gasteiger partial charge in [0, 0.05) is 0 Å². The Labute approximate surface area is 58.0 Å². The van der Waals surface area contributed by atoms with Crippen LogP contribution in [-0.4, -0.2) is 26.2 Å². The Balaban J connectivity index is 2.88. The third-order valence-corrected chi connectivity index (χ3v) is 1.67. The summed E-state index contributed by atoms with van der Waals surface area (Å²) in [6.07, 6.45) is 1.28. The van der Waals surface area contributed by atoms with Gasteiger partial charge in [0.05, 0.1) is 13.1 Å². The average Bonchev–Trinajstić information content (AvgIpc) is 1.89. The summed E-state index contributed by atoms with van der Waals surface area (Å²) in [5.74, 6) is 0. The van der Waals surface area contributed by atoms with Crippen LogP contribution in [0.3, 0.4) is 0 Å². The predicted octanol–water partition coefficient (Wildman–Crippen LogP) is -1.46. The second-order valence-corrected chi connectivity index (χ2v) is 2.61. The molecule has 0 aromatic heterocycles. The van der Waals surface area contributed by atoms with E-state index in [1.54, 1.807) is 0 Å². The van der Waals surface area contributed by atoms with Crippen molar-refractivity contribution in [2.45, 2.75) is 26.3 Å². The van der Waals surface area contributed by atoms with Crippen molar-refractivity contribution in [3.8, 4) is 0 Å². The van der Waals surface area contributed by atoms with E-state index in [0.29, 0.717) is 0 Å². The monoisotopic (exact) mass is 132 g/mol. The maximum absolute atomic E-state index is 2.40. The van der Waals surface area contributed by atoms with Crippen LogP contribution in [0, 0.1) is 0 Å². The molecular weight excluding hydrogens is 112 g/mol. The van der Waals surface area contributed by atoms with Crippen LogP contribution >= 0.6 is 0 Å². The molecule has 0 saturated heterocycles. The second-order valence-electron chi connectivity index (χ2n) is 2.61. The fourth-order valence-electron chi connectivity index (χ4n) is 0.714. The third kappa shape index (κ3) is 5.80. The largest absolute Gasteiger partial charge is 0.344 e. The Morgan fingerprint density at radius 1 is 1.33 bits per heavy atom. The van der Waals surface area contributed by atoms with Crippen LogP contribution in [0.2, 0.25) is 0 Å². The van der Waals surface area contributed by atoms with Gasteiger partial charge in [-0.25, -0.2) is 0 Å². The molecule has 0 saturated carbocycles. The highest BCUT2D eigenvalue weighted by Gasteiger charge is 1.98. The van der Waals surface area contributed by atoms with E-state index < -0.39 is 0 Å². The van der Waals surface area contributed by atoms with E-state index in [0.717, 1.165) is 6.04 Å². The number of likely N-dealkylation sites (N-methyl/N-ethyl adjacent to an activating group) is 1. The van der Waals surface area contributed by atoms with Gasteiger partial charge in [-0.1, -0.05) is 6.92 Å². The van der Waals surface area contributed by atoms with Crippen molar-refractivity contribution < 1.29 is 10.6 Å². The molecule has 1 atom stereocenters. The molecule has 0 aliphatic rings. The van der Waals surface area contributed by atoms with Gasteiger partial charge in [0.15, 0.2) is 0 Å². The highest BCUT2D eigenvalue weighted by Crippen LogP contribution is 1.76. The van der Waals surface area contributed by atoms with Crippen LogP contribution in [0.5, 0.6) is 0 Å². The second kappa shape index (κ2) is 6.05. The molecule has 0 fully saturated rings. The summed E-state index contributed by atoms with van der Waals surface area (Å²) in [6, 6.07) is 0.810. The van der Waals surface area contributed by atoms with Crippen molar-refractivity contribution >= 4 is 0 Å². The Kier molecular flexibility index (Phi) is 5.99. The Morgan fingerprint density at radius 2 is 2.00 bits per heavy atom. The van der Waals surface area contributed by atoms with E-state index in [9.17, 15) is 0 Å². The van der Waals surface area contributed by atoms with Crippen molar-refractivity contribution in [2.24, 2.45) is 0 Å². The molecule has 2 nitrogen and oxygen atoms in total. The van der Waals surface area contributed by atoms with Crippen LogP contribution in [0.25, 0.3) is 0 Å². The van der Waals surface area contributed by atoms with Crippen molar-refractivity contribution in [1.82, 2.24) is 0 Å². The minimum Gasteiger partial charge on any atom is -0.344 e. The van der Waals surface area contributed by atoms with Crippen LogP contribution < -0.4 is 10.6 Å². The molecule has 0 amide bonds. The lowest BCUT2D eigenvalue weighted by molar-refractivity contribution is -0.730. The summed E-state index contributed by atoms with van der Waals surface area (Å²) in [4.78, 5) is 0. The van der Waals surface area contributed by atoms with Crippen LogP contribution in [0.1, 0.15) is 20.3 Å². The number of hydrogen-bond acceptors (Lipinski definition) is 0. The van der Waals surface area contributed by atoms with E-state index >= 15 is 0 Å². The topological polar surface area (TPSA) is 33.2 Å². The quantitative estimate of drug-likeness (QED) is 0.429. The number of rotatable bonds is 5. The molecule has 0 aromatic rings. The molecule has 0 rings (SSSR count). The fraction of sp³-hybridized carbons (Fsp3) is 1.00. The summed E-state index contributed by atoms with van der Waals surface area (Å²) in [5, 5.41) is 4.62. The number of nitrogens with two attached hydrogens (primary N) is 2. The van der Waals surface area contributed by atoms with Gasteiger partial charge in [0.25, 0.3) is 0 Å². The summed E-state index contributed by atoms with van der Waals surface area (Å²) < 4.78 is 0. The molecule has 0 aliphatic heterocycles. The molecule has 2 heteroatoms. The van der Waals surface area contributed by atoms with E-state index in [-0.39, 0.29) is 0 Å². The summed E-state index contributed by atoms with van der Waals surface area (Å²) in [6.45, 7) is 7.00. The maximum atomic E-state index is 2.40. The van der Waals surface area contributed by atoms with Crippen LogP contribution in [0.4, 0.5) is 0 Å². The van der Waals surface area contributed by atoms with E-state index in [2.05, 4.69) is 31.5 Å². The minimum absolute atomic E-state index is 0.810. The summed E-state index contributed by atoms with van der Waals surface area (Å²) in [5.41, 5.74) is 0. The molecule has 4 N–H and O–H groups in total. The SMILES string of the molecule is CC[C@@H](C)[NH2+]CC[NH2+]C. The molecule has 0 aromatic carbocycles. The standard InChI is InChI=1S/C7H18N2/c1-4-7(2)9-6-5-8-3/h7-9H,4-6H2,1-3H3/p+2/t7-/m1/s1. The van der Waals surface area contributed by atoms with Crippen LogP contribution in [-0.2, 0) is 0 Å². The zero-order chi connectivity index (χ0) is 7.11. The molecule has 9 heavy (non-hydrogen) atoms. The van der Waals surface area contributed by atoms with Crippen molar-refractivity contribution in [2.75, 3.05) is 20.1 Å². The lowest BCUT2D eigenvalue weighted by Crippen LogP contribution is -2.95. The average molecular weight is 132 g/mol. The van der Waals surface area contributed by atoms with Gasteiger partial charge in [0.2, 0.25) is 0 Å². The van der Waals surface area contributed by atoms with Crippen molar-refractivity contribution in [3.05, 3.63) is 0 Å². The highest BCUT2D eigenvalue weighted by atomic mass is 14.9. The molecule has 0 heterocycles. The van der Waals surface area contributed by atoms with E-state index in [1.165, 1.54) is 19.5 Å².